The van der Waals surface area contributed by atoms with Gasteiger partial charge in [-0.25, -0.2) is 9.79 Å². The Morgan fingerprint density at radius 1 is 1.13 bits per heavy atom. The Balaban J connectivity index is 1.93. The lowest BCUT2D eigenvalue weighted by molar-refractivity contribution is -0.138. The molecule has 2 aromatic rings. The van der Waals surface area contributed by atoms with Crippen LogP contribution in [0.2, 0.25) is 10.0 Å². The third-order valence-electron chi connectivity index (χ3n) is 4.59. The van der Waals surface area contributed by atoms with Gasteiger partial charge in [-0.3, -0.25) is 0 Å². The van der Waals surface area contributed by atoms with Crippen LogP contribution in [0.5, 0.6) is 5.75 Å². The fourth-order valence-electron chi connectivity index (χ4n) is 3.19. The summed E-state index contributed by atoms with van der Waals surface area (Å²) in [6.45, 7) is 6.38. The molecule has 1 atom stereocenters. The maximum Gasteiger partial charge on any atom is 0.338 e. The maximum absolute atomic E-state index is 12.8. The van der Waals surface area contributed by atoms with E-state index in [0.717, 1.165) is 11.1 Å². The molecular formula is C23H24Cl2N2O3S. The van der Waals surface area contributed by atoms with Crippen molar-refractivity contribution in [3.8, 4) is 5.75 Å². The van der Waals surface area contributed by atoms with Crippen molar-refractivity contribution < 1.29 is 14.3 Å². The lowest BCUT2D eigenvalue weighted by Gasteiger charge is -2.27. The molecule has 164 valence electrons. The number of aliphatic imine (C=N–C) groups is 1. The van der Waals surface area contributed by atoms with Crippen LogP contribution in [0.3, 0.4) is 0 Å². The summed E-state index contributed by atoms with van der Waals surface area (Å²) >= 11 is 13.7. The van der Waals surface area contributed by atoms with Crippen molar-refractivity contribution in [3.05, 3.63) is 74.9 Å². The number of nitrogens with zero attached hydrogens (tertiary/aromatic N) is 1. The van der Waals surface area contributed by atoms with Gasteiger partial charge in [0, 0.05) is 17.0 Å². The normalized spacial score (nSPS) is 15.9. The highest BCUT2D eigenvalue weighted by atomic mass is 35.5. The van der Waals surface area contributed by atoms with Crippen molar-refractivity contribution in [1.29, 1.82) is 0 Å². The molecule has 0 unspecified atom stereocenters. The van der Waals surface area contributed by atoms with Crippen LogP contribution in [-0.4, -0.2) is 24.4 Å². The number of carbonyl (C=O) groups excluding carboxylic acids is 1. The average molecular weight is 479 g/mol. The summed E-state index contributed by atoms with van der Waals surface area (Å²) in [5.74, 6) is 0.954. The molecule has 31 heavy (non-hydrogen) atoms. The molecule has 8 heteroatoms. The highest BCUT2D eigenvalue weighted by molar-refractivity contribution is 8.13. The summed E-state index contributed by atoms with van der Waals surface area (Å²) in [6.07, 6.45) is 0. The number of halogens is 2. The van der Waals surface area contributed by atoms with Crippen LogP contribution in [0, 0.1) is 0 Å². The quantitative estimate of drug-likeness (QED) is 0.482. The van der Waals surface area contributed by atoms with Crippen LogP contribution in [0.15, 0.2) is 58.7 Å². The van der Waals surface area contributed by atoms with E-state index >= 15 is 0 Å². The molecule has 2 aromatic carbocycles. The molecule has 0 aliphatic carbocycles. The third-order valence-corrected chi connectivity index (χ3v) is 6.28. The molecule has 0 saturated carbocycles. The van der Waals surface area contributed by atoms with E-state index in [-0.39, 0.29) is 12.6 Å². The molecule has 0 spiro atoms. The number of carbonyl (C=O) groups is 1. The highest BCUT2D eigenvalue weighted by Gasteiger charge is 2.32. The van der Waals surface area contributed by atoms with Gasteiger partial charge in [0.15, 0.2) is 5.17 Å². The topological polar surface area (TPSA) is 59.9 Å². The lowest BCUT2D eigenvalue weighted by atomic mass is 9.96. The molecule has 5 nitrogen and oxygen atoms in total. The molecule has 1 heterocycles. The predicted molar refractivity (Wildman–Crippen MR) is 128 cm³/mol. The number of amidine groups is 1. The Kier molecular flexibility index (Phi) is 8.29. The minimum atomic E-state index is -0.528. The van der Waals surface area contributed by atoms with Gasteiger partial charge in [0.2, 0.25) is 0 Å². The second-order valence-corrected chi connectivity index (χ2v) is 8.51. The Bertz CT molecular complexity index is 1020. The van der Waals surface area contributed by atoms with E-state index in [4.69, 9.17) is 37.7 Å². The van der Waals surface area contributed by atoms with Crippen LogP contribution >= 0.6 is 35.0 Å². The average Bonchev–Trinajstić information content (AvgIpc) is 2.75. The zero-order valence-corrected chi connectivity index (χ0v) is 19.9. The molecule has 1 aliphatic heterocycles. The zero-order valence-electron chi connectivity index (χ0n) is 17.6. The zero-order chi connectivity index (χ0) is 22.4. The Labute approximate surface area is 196 Å². The molecule has 0 saturated heterocycles. The van der Waals surface area contributed by atoms with Crippen LogP contribution < -0.4 is 10.1 Å². The second kappa shape index (κ2) is 10.9. The SMILES string of the molecule is CCOC(=O)C1=C(C)NC(SCc2ccc(Cl)c(Cl)c2)=N[C@@H]1c1ccccc1OCC. The molecule has 0 radical (unpaired) electrons. The summed E-state index contributed by atoms with van der Waals surface area (Å²) in [7, 11) is 0. The Morgan fingerprint density at radius 3 is 2.61 bits per heavy atom. The molecule has 0 bridgehead atoms. The minimum Gasteiger partial charge on any atom is -0.494 e. The van der Waals surface area contributed by atoms with Gasteiger partial charge in [-0.15, -0.1) is 0 Å². The third kappa shape index (κ3) is 5.76. The molecule has 1 N–H and O–H groups in total. The van der Waals surface area contributed by atoms with Crippen molar-refractivity contribution >= 4 is 46.1 Å². The van der Waals surface area contributed by atoms with Crippen molar-refractivity contribution in [2.24, 2.45) is 4.99 Å². The molecule has 1 aliphatic rings. The number of hydrogen-bond donors (Lipinski definition) is 1. The first-order chi connectivity index (χ1) is 14.9. The minimum absolute atomic E-state index is 0.290. The first-order valence-electron chi connectivity index (χ1n) is 9.95. The maximum atomic E-state index is 12.8. The molecule has 3 rings (SSSR count). The van der Waals surface area contributed by atoms with Crippen LogP contribution in [0.25, 0.3) is 0 Å². The summed E-state index contributed by atoms with van der Waals surface area (Å²) in [5.41, 5.74) is 3.03. The van der Waals surface area contributed by atoms with E-state index < -0.39 is 6.04 Å². The number of thioether (sulfide) groups is 1. The number of esters is 1. The smallest absolute Gasteiger partial charge is 0.338 e. The number of benzene rings is 2. The lowest BCUT2D eigenvalue weighted by Crippen LogP contribution is -2.30. The van der Waals surface area contributed by atoms with Crippen molar-refractivity contribution in [3.63, 3.8) is 0 Å². The van der Waals surface area contributed by atoms with Gasteiger partial charge in [-0.05, 0) is 44.5 Å². The summed E-state index contributed by atoms with van der Waals surface area (Å²) in [6, 6.07) is 12.7. The standard InChI is InChI=1S/C23H24Cl2N2O3S/c1-4-29-19-9-7-6-8-16(19)21-20(22(28)30-5-2)14(3)26-23(27-21)31-13-15-10-11-17(24)18(25)12-15/h6-12,21H,4-5,13H2,1-3H3,(H,26,27)/t21-/m1/s1. The monoisotopic (exact) mass is 478 g/mol. The van der Waals surface area contributed by atoms with Crippen molar-refractivity contribution in [2.75, 3.05) is 13.2 Å². The largest absolute Gasteiger partial charge is 0.494 e. The van der Waals surface area contributed by atoms with Crippen LogP contribution in [-0.2, 0) is 15.3 Å². The molecule has 0 amide bonds. The van der Waals surface area contributed by atoms with E-state index in [1.807, 2.05) is 50.2 Å². The number of hydrogen-bond acceptors (Lipinski definition) is 6. The summed E-state index contributed by atoms with van der Waals surface area (Å²) in [4.78, 5) is 17.6. The van der Waals surface area contributed by atoms with Gasteiger partial charge in [0.05, 0.1) is 28.8 Å². The van der Waals surface area contributed by atoms with Gasteiger partial charge in [0.25, 0.3) is 0 Å². The van der Waals surface area contributed by atoms with Gasteiger partial charge >= 0.3 is 5.97 Å². The van der Waals surface area contributed by atoms with Gasteiger partial charge in [0.1, 0.15) is 11.8 Å². The Morgan fingerprint density at radius 2 is 1.90 bits per heavy atom. The number of nitrogens with one attached hydrogen (secondary N) is 1. The van der Waals surface area contributed by atoms with Crippen LogP contribution in [0.4, 0.5) is 0 Å². The Hall–Kier alpha value is -2.15. The van der Waals surface area contributed by atoms with E-state index in [2.05, 4.69) is 5.32 Å². The van der Waals surface area contributed by atoms with Crippen molar-refractivity contribution in [2.45, 2.75) is 32.6 Å². The highest BCUT2D eigenvalue weighted by Crippen LogP contribution is 2.38. The predicted octanol–water partition coefficient (Wildman–Crippen LogP) is 6.16. The first-order valence-corrected chi connectivity index (χ1v) is 11.7. The first kappa shape index (κ1) is 23.5. The van der Waals surface area contributed by atoms with Gasteiger partial charge in [-0.2, -0.15) is 0 Å². The number of allylic oxidation sites excluding steroid dienone is 1. The molecular weight excluding hydrogens is 455 g/mol. The van der Waals surface area contributed by atoms with E-state index in [0.29, 0.717) is 44.6 Å². The van der Waals surface area contributed by atoms with Gasteiger partial charge in [-0.1, -0.05) is 59.2 Å². The molecule has 0 aromatic heterocycles. The number of ether oxygens (including phenoxy) is 2. The van der Waals surface area contributed by atoms with Gasteiger partial charge < -0.3 is 14.8 Å². The van der Waals surface area contributed by atoms with E-state index in [1.54, 1.807) is 13.0 Å². The summed E-state index contributed by atoms with van der Waals surface area (Å²) < 4.78 is 11.1. The van der Waals surface area contributed by atoms with E-state index in [9.17, 15) is 4.79 Å². The molecule has 0 fully saturated rings. The fraction of sp³-hybridized carbons (Fsp3) is 0.304. The van der Waals surface area contributed by atoms with Crippen molar-refractivity contribution in [1.82, 2.24) is 5.32 Å². The second-order valence-electron chi connectivity index (χ2n) is 6.73. The van der Waals surface area contributed by atoms with E-state index in [1.165, 1.54) is 11.8 Å². The summed E-state index contributed by atoms with van der Waals surface area (Å²) in [5, 5.41) is 4.99. The number of para-hydroxylation sites is 1. The number of rotatable bonds is 7. The van der Waals surface area contributed by atoms with Crippen LogP contribution in [0.1, 0.15) is 37.9 Å². The fourth-order valence-corrected chi connectivity index (χ4v) is 4.40.